The van der Waals surface area contributed by atoms with E-state index in [0.29, 0.717) is 11.6 Å². The quantitative estimate of drug-likeness (QED) is 0.864. The molecular weight excluding hydrogens is 362 g/mol. The van der Waals surface area contributed by atoms with Crippen molar-refractivity contribution in [3.63, 3.8) is 0 Å². The van der Waals surface area contributed by atoms with E-state index < -0.39 is 29.7 Å². The monoisotopic (exact) mass is 387 g/mol. The SMILES string of the molecule is COc1cccc2c(O[C@@H]3CC(C(N)=O)N(C(=O)OC(C)(C)C)C3)nccc12. The van der Waals surface area contributed by atoms with Gasteiger partial charge < -0.3 is 19.9 Å². The summed E-state index contributed by atoms with van der Waals surface area (Å²) in [5.41, 5.74) is 4.82. The average molecular weight is 387 g/mol. The van der Waals surface area contributed by atoms with Gasteiger partial charge in [-0.25, -0.2) is 9.78 Å². The van der Waals surface area contributed by atoms with Crippen molar-refractivity contribution in [2.75, 3.05) is 13.7 Å². The number of carbonyl (C=O) groups excluding carboxylic acids is 2. The number of benzene rings is 1. The molecule has 0 spiro atoms. The number of aromatic nitrogens is 1. The van der Waals surface area contributed by atoms with E-state index >= 15 is 0 Å². The first-order valence-corrected chi connectivity index (χ1v) is 9.07. The first-order valence-electron chi connectivity index (χ1n) is 9.07. The molecule has 2 atom stereocenters. The average Bonchev–Trinajstić information content (AvgIpc) is 3.04. The lowest BCUT2D eigenvalue weighted by atomic mass is 10.1. The van der Waals surface area contributed by atoms with Gasteiger partial charge in [0.15, 0.2) is 0 Å². The molecule has 1 aliphatic heterocycles. The fraction of sp³-hybridized carbons (Fsp3) is 0.450. The van der Waals surface area contributed by atoms with Crippen molar-refractivity contribution in [2.45, 2.75) is 44.9 Å². The fourth-order valence-corrected chi connectivity index (χ4v) is 3.26. The maximum atomic E-state index is 12.5. The number of amides is 2. The summed E-state index contributed by atoms with van der Waals surface area (Å²) in [4.78, 5) is 30.0. The van der Waals surface area contributed by atoms with Crippen LogP contribution in [0.2, 0.25) is 0 Å². The number of ether oxygens (including phenoxy) is 3. The maximum Gasteiger partial charge on any atom is 0.411 e. The van der Waals surface area contributed by atoms with Gasteiger partial charge in [-0.3, -0.25) is 9.69 Å². The second-order valence-electron chi connectivity index (χ2n) is 7.70. The number of fused-ring (bicyclic) bond motifs is 1. The summed E-state index contributed by atoms with van der Waals surface area (Å²) in [6, 6.07) is 6.64. The van der Waals surface area contributed by atoms with Crippen LogP contribution in [0.15, 0.2) is 30.5 Å². The minimum Gasteiger partial charge on any atom is -0.496 e. The Morgan fingerprint density at radius 1 is 1.21 bits per heavy atom. The second-order valence-corrected chi connectivity index (χ2v) is 7.70. The molecule has 0 saturated carbocycles. The smallest absolute Gasteiger partial charge is 0.411 e. The Bertz CT molecular complexity index is 893. The van der Waals surface area contributed by atoms with Crippen LogP contribution in [0.25, 0.3) is 10.8 Å². The second kappa shape index (κ2) is 7.53. The van der Waals surface area contributed by atoms with Crippen molar-refractivity contribution in [1.82, 2.24) is 9.88 Å². The number of methoxy groups -OCH3 is 1. The van der Waals surface area contributed by atoms with E-state index in [9.17, 15) is 9.59 Å². The van der Waals surface area contributed by atoms with Gasteiger partial charge in [0, 0.05) is 23.4 Å². The summed E-state index contributed by atoms with van der Waals surface area (Å²) in [6.45, 7) is 5.48. The minimum atomic E-state index is -0.788. The number of hydrogen-bond donors (Lipinski definition) is 1. The van der Waals surface area contributed by atoms with Crippen molar-refractivity contribution in [3.05, 3.63) is 30.5 Å². The maximum absolute atomic E-state index is 12.5. The number of nitrogens with two attached hydrogens (primary N) is 1. The van der Waals surface area contributed by atoms with E-state index in [1.807, 2.05) is 24.3 Å². The zero-order chi connectivity index (χ0) is 20.5. The first kappa shape index (κ1) is 19.7. The third-order valence-electron chi connectivity index (χ3n) is 4.45. The number of rotatable bonds is 4. The molecule has 8 nitrogen and oxygen atoms in total. The number of likely N-dealkylation sites (tertiary alicyclic amines) is 1. The molecule has 150 valence electrons. The van der Waals surface area contributed by atoms with Crippen LogP contribution in [-0.4, -0.2) is 53.3 Å². The van der Waals surface area contributed by atoms with E-state index in [1.54, 1.807) is 34.1 Å². The molecule has 3 rings (SSSR count). The zero-order valence-corrected chi connectivity index (χ0v) is 16.5. The molecule has 0 bridgehead atoms. The Morgan fingerprint density at radius 3 is 2.61 bits per heavy atom. The Morgan fingerprint density at radius 2 is 1.96 bits per heavy atom. The number of carbonyl (C=O) groups is 2. The van der Waals surface area contributed by atoms with Gasteiger partial charge in [0.05, 0.1) is 13.7 Å². The lowest BCUT2D eigenvalue weighted by Crippen LogP contribution is -2.45. The van der Waals surface area contributed by atoms with Crippen molar-refractivity contribution in [3.8, 4) is 11.6 Å². The minimum absolute atomic E-state index is 0.185. The van der Waals surface area contributed by atoms with Crippen LogP contribution in [0.3, 0.4) is 0 Å². The molecule has 1 aromatic carbocycles. The summed E-state index contributed by atoms with van der Waals surface area (Å²) in [5.74, 6) is 0.529. The van der Waals surface area contributed by atoms with E-state index in [2.05, 4.69) is 4.98 Å². The molecule has 1 fully saturated rings. The summed E-state index contributed by atoms with van der Waals surface area (Å²) in [7, 11) is 1.60. The molecule has 28 heavy (non-hydrogen) atoms. The lowest BCUT2D eigenvalue weighted by molar-refractivity contribution is -0.122. The molecule has 1 saturated heterocycles. The Hall–Kier alpha value is -3.03. The highest BCUT2D eigenvalue weighted by Crippen LogP contribution is 2.32. The third kappa shape index (κ3) is 4.11. The molecule has 1 aromatic heterocycles. The molecule has 0 aliphatic carbocycles. The molecule has 8 heteroatoms. The molecule has 2 amide bonds. The van der Waals surface area contributed by atoms with Crippen LogP contribution in [0, 0.1) is 0 Å². The third-order valence-corrected chi connectivity index (χ3v) is 4.45. The molecule has 1 aliphatic rings. The summed E-state index contributed by atoms with van der Waals surface area (Å²) in [6.07, 6.45) is 0.882. The topological polar surface area (TPSA) is 104 Å². The Labute approximate surface area is 163 Å². The van der Waals surface area contributed by atoms with Crippen molar-refractivity contribution in [1.29, 1.82) is 0 Å². The number of hydrogen-bond acceptors (Lipinski definition) is 6. The van der Waals surface area contributed by atoms with E-state index in [4.69, 9.17) is 19.9 Å². The van der Waals surface area contributed by atoms with Gasteiger partial charge in [-0.05, 0) is 39.0 Å². The van der Waals surface area contributed by atoms with Crippen molar-refractivity contribution in [2.24, 2.45) is 5.73 Å². The standard InChI is InChI=1S/C20H25N3O5/c1-20(2,3)28-19(25)23-11-12(10-15(23)17(21)24)27-18-14-6-5-7-16(26-4)13(14)8-9-22-18/h5-9,12,15H,10-11H2,1-4H3,(H2,21,24)/t12-,15?/m1/s1. The molecule has 1 unspecified atom stereocenters. The van der Waals surface area contributed by atoms with E-state index in [-0.39, 0.29) is 13.0 Å². The van der Waals surface area contributed by atoms with Crippen molar-refractivity contribution < 1.29 is 23.8 Å². The van der Waals surface area contributed by atoms with Crippen LogP contribution >= 0.6 is 0 Å². The van der Waals surface area contributed by atoms with Crippen LogP contribution in [0.4, 0.5) is 4.79 Å². The molecule has 2 heterocycles. The van der Waals surface area contributed by atoms with E-state index in [1.165, 1.54) is 4.90 Å². The molecular formula is C20H25N3O5. The highest BCUT2D eigenvalue weighted by molar-refractivity contribution is 5.91. The van der Waals surface area contributed by atoms with Gasteiger partial charge >= 0.3 is 6.09 Å². The number of primary amides is 1. The molecule has 2 N–H and O–H groups in total. The highest BCUT2D eigenvalue weighted by Gasteiger charge is 2.42. The Kier molecular flexibility index (Phi) is 5.31. The van der Waals surface area contributed by atoms with Gasteiger partial charge in [-0.2, -0.15) is 0 Å². The van der Waals surface area contributed by atoms with Gasteiger partial charge in [0.25, 0.3) is 0 Å². The van der Waals surface area contributed by atoms with Crippen LogP contribution in [-0.2, 0) is 9.53 Å². The predicted octanol–water partition coefficient (Wildman–Crippen LogP) is 2.49. The van der Waals surface area contributed by atoms with Crippen LogP contribution in [0.1, 0.15) is 27.2 Å². The normalized spacial score (nSPS) is 19.5. The van der Waals surface area contributed by atoms with Crippen LogP contribution in [0.5, 0.6) is 11.6 Å². The largest absolute Gasteiger partial charge is 0.496 e. The van der Waals surface area contributed by atoms with Gasteiger partial charge in [0.1, 0.15) is 23.5 Å². The summed E-state index contributed by atoms with van der Waals surface area (Å²) < 4.78 is 16.8. The summed E-state index contributed by atoms with van der Waals surface area (Å²) >= 11 is 0. The molecule has 2 aromatic rings. The van der Waals surface area contributed by atoms with Gasteiger partial charge in [-0.15, -0.1) is 0 Å². The van der Waals surface area contributed by atoms with Crippen molar-refractivity contribution >= 4 is 22.8 Å². The van der Waals surface area contributed by atoms with Gasteiger partial charge in [0.2, 0.25) is 11.8 Å². The first-order chi connectivity index (χ1) is 13.2. The predicted molar refractivity (Wildman–Crippen MR) is 103 cm³/mol. The number of nitrogens with zero attached hydrogens (tertiary/aromatic N) is 2. The molecule has 0 radical (unpaired) electrons. The number of pyridine rings is 1. The zero-order valence-electron chi connectivity index (χ0n) is 16.5. The lowest BCUT2D eigenvalue weighted by Gasteiger charge is -2.27. The summed E-state index contributed by atoms with van der Waals surface area (Å²) in [5, 5.41) is 1.65. The van der Waals surface area contributed by atoms with Gasteiger partial charge in [-0.1, -0.05) is 6.07 Å². The fourth-order valence-electron chi connectivity index (χ4n) is 3.26. The van der Waals surface area contributed by atoms with E-state index in [0.717, 1.165) is 10.8 Å². The van der Waals surface area contributed by atoms with Crippen LogP contribution < -0.4 is 15.2 Å². The Balaban J connectivity index is 1.83. The highest BCUT2D eigenvalue weighted by atomic mass is 16.6.